The van der Waals surface area contributed by atoms with Crippen molar-refractivity contribution in [1.82, 2.24) is 63.8 Å². The smallest absolute Gasteiger partial charge is 0.325 e. The summed E-state index contributed by atoms with van der Waals surface area (Å²) in [5.41, 5.74) is 17.3. The van der Waals surface area contributed by atoms with Gasteiger partial charge in [-0.15, -0.1) is 0 Å². The van der Waals surface area contributed by atoms with Gasteiger partial charge in [-0.2, -0.15) is 0 Å². The Bertz CT molecular complexity index is 3060. The first-order valence-electron chi connectivity index (χ1n) is 30.0. The van der Waals surface area contributed by atoms with Crippen LogP contribution in [0.1, 0.15) is 91.7 Å². The molecular formula is C59H88N16O20. The number of phenols is 1. The van der Waals surface area contributed by atoms with Gasteiger partial charge in [-0.3, -0.25) is 76.9 Å². The number of aliphatic hydroxyl groups is 1. The van der Waals surface area contributed by atoms with Gasteiger partial charge in [0.05, 0.1) is 32.2 Å². The van der Waals surface area contributed by atoms with Crippen molar-refractivity contribution < 1.29 is 97.5 Å². The largest absolute Gasteiger partial charge is 0.508 e. The fraction of sp³-hybridized carbons (Fsp3) is 0.525. The van der Waals surface area contributed by atoms with Gasteiger partial charge in [-0.05, 0) is 75.1 Å². The molecule has 0 spiro atoms. The Morgan fingerprint density at radius 2 is 0.884 bits per heavy atom. The summed E-state index contributed by atoms with van der Waals surface area (Å²) < 4.78 is 0. The van der Waals surface area contributed by atoms with Crippen LogP contribution in [0.3, 0.4) is 0 Å². The van der Waals surface area contributed by atoms with E-state index in [1.165, 1.54) is 65.8 Å². The predicted molar refractivity (Wildman–Crippen MR) is 336 cm³/mol. The van der Waals surface area contributed by atoms with Crippen LogP contribution < -0.4 is 81.0 Å². The molecule has 0 heterocycles. The first-order valence-corrected chi connectivity index (χ1v) is 30.0. The van der Waals surface area contributed by atoms with Crippen LogP contribution >= 0.6 is 0 Å². The average molecular weight is 1340 g/mol. The zero-order valence-electron chi connectivity index (χ0n) is 53.5. The lowest BCUT2D eigenvalue weighted by atomic mass is 9.98. The number of aliphatic hydroxyl groups excluding tert-OH is 1. The highest BCUT2D eigenvalue weighted by Gasteiger charge is 2.37. The van der Waals surface area contributed by atoms with Gasteiger partial charge < -0.3 is 107 Å². The summed E-state index contributed by atoms with van der Waals surface area (Å²) >= 11 is 0. The van der Waals surface area contributed by atoms with Crippen LogP contribution in [-0.4, -0.2) is 213 Å². The first-order chi connectivity index (χ1) is 44.5. The summed E-state index contributed by atoms with van der Waals surface area (Å²) in [5.74, 6) is -18.5. The maximum atomic E-state index is 14.4. The molecule has 36 nitrogen and oxygen atoms in total. The van der Waals surface area contributed by atoms with Crippen molar-refractivity contribution >= 4 is 94.8 Å². The number of guanidine groups is 1. The van der Waals surface area contributed by atoms with E-state index in [0.29, 0.717) is 11.1 Å². The van der Waals surface area contributed by atoms with E-state index in [-0.39, 0.29) is 43.9 Å². The van der Waals surface area contributed by atoms with Gasteiger partial charge in [0.2, 0.25) is 70.9 Å². The third kappa shape index (κ3) is 30.2. The van der Waals surface area contributed by atoms with E-state index in [0.717, 1.165) is 6.92 Å². The number of phenolic OH excluding ortho intramolecular Hbond substituents is 1. The quantitative estimate of drug-likeness (QED) is 0.0167. The number of carboxylic acids is 3. The van der Waals surface area contributed by atoms with E-state index in [4.69, 9.17) is 17.2 Å². The van der Waals surface area contributed by atoms with Crippen LogP contribution in [0.15, 0.2) is 59.6 Å². The summed E-state index contributed by atoms with van der Waals surface area (Å²) in [7, 11) is 0. The number of hydrogen-bond acceptors (Lipinski definition) is 19. The molecule has 0 aliphatic heterocycles. The normalized spacial score (nSPS) is 14.4. The Morgan fingerprint density at radius 3 is 1.37 bits per heavy atom. The second-order valence-electron chi connectivity index (χ2n) is 22.7. The first kappa shape index (κ1) is 80.6. The summed E-state index contributed by atoms with van der Waals surface area (Å²) in [6.07, 6.45) is -2.77. The Morgan fingerprint density at radius 1 is 0.453 bits per heavy atom. The monoisotopic (exact) mass is 1340 g/mol. The fourth-order valence-electron chi connectivity index (χ4n) is 8.55. The number of carboxylic acid groups (broad SMARTS) is 3. The zero-order valence-corrected chi connectivity index (χ0v) is 53.5. The fourth-order valence-corrected chi connectivity index (χ4v) is 8.55. The Kier molecular flexibility index (Phi) is 34.3. The standard InChI is InChI=1S/C59H88N16O20/c1-28(2)46(56(92)71-37(19-20-44(80)81)53(89)70-36(14-11-21-63-59(61)62)52(88)67-32(7)58(94)95)74-54(90)39(23-34-15-17-35(77)18-16-34)73-57(93)47(29(3)4)75-55(91)41(27-76)69-43(79)26-65-51(87)40(24-45(82)83)68-42(78)25-64-50(86)38(22-33-12-9-8-10-13-33)72-49(85)31(6)66-48(84)30(5)60/h8-10,12-13,15-18,28-32,36-41,46-47,76-77H,11,14,19-27,60H2,1-7H3,(H,64,86)(H,65,87)(H,66,84)(H,67,88)(H,68,78)(H,69,79)(H,70,89)(H,71,92)(H,72,85)(H,73,93)(H,74,90)(H,75,91)(H,80,81)(H,82,83)(H,94,95)(H4,61,62,63)/t30-,31-,32-,36-,37-,38-,39-,40-,41-,46-,47-/m0/s1. The van der Waals surface area contributed by atoms with Crippen LogP contribution in [0.5, 0.6) is 5.75 Å². The van der Waals surface area contributed by atoms with Gasteiger partial charge in [0, 0.05) is 25.8 Å². The number of aliphatic carboxylic acids is 3. The third-order valence-corrected chi connectivity index (χ3v) is 13.9. The Labute approximate surface area is 546 Å². The number of nitrogens with zero attached hydrogens (tertiary/aromatic N) is 1. The molecule has 524 valence electrons. The third-order valence-electron chi connectivity index (χ3n) is 13.9. The molecule has 23 N–H and O–H groups in total. The van der Waals surface area contributed by atoms with E-state index in [9.17, 15) is 97.5 Å². The minimum atomic E-state index is -1.86. The SMILES string of the molecule is CC(C)[C@H](NC(=O)[C@H](Cc1ccc(O)cc1)NC(=O)[C@@H](NC(=O)[C@H](CO)NC(=O)CNC(=O)[C@H](CC(=O)O)NC(=O)CNC(=O)[C@H](Cc1ccccc1)NC(=O)[C@H](C)NC(=O)[C@H](C)N)C(C)C)C(=O)N[C@@H](CCC(=O)O)C(=O)N[C@@H](CCCN=C(N)N)C(=O)N[C@@H](C)C(=O)O. The minimum Gasteiger partial charge on any atom is -0.508 e. The molecule has 0 unspecified atom stereocenters. The molecule has 0 fully saturated rings. The highest BCUT2D eigenvalue weighted by molar-refractivity contribution is 5.99. The molecule has 0 aliphatic carbocycles. The van der Waals surface area contributed by atoms with Gasteiger partial charge in [0.15, 0.2) is 5.96 Å². The second kappa shape index (κ2) is 40.5. The predicted octanol–water partition coefficient (Wildman–Crippen LogP) is -6.57. The molecular weight excluding hydrogens is 1250 g/mol. The highest BCUT2D eigenvalue weighted by atomic mass is 16.4. The molecule has 0 saturated carbocycles. The van der Waals surface area contributed by atoms with Crippen LogP contribution in [-0.2, 0) is 84.8 Å². The summed E-state index contributed by atoms with van der Waals surface area (Å²) in [6.45, 7) is 6.90. The van der Waals surface area contributed by atoms with Crippen molar-refractivity contribution in [3.63, 3.8) is 0 Å². The summed E-state index contributed by atoms with van der Waals surface area (Å²) in [4.78, 5) is 200. The Balaban J connectivity index is 2.28. The molecule has 2 rings (SSSR count). The van der Waals surface area contributed by atoms with E-state index >= 15 is 0 Å². The summed E-state index contributed by atoms with van der Waals surface area (Å²) in [5, 5.41) is 76.8. The van der Waals surface area contributed by atoms with Crippen LogP contribution in [0.2, 0.25) is 0 Å². The lowest BCUT2D eigenvalue weighted by molar-refractivity contribution is -0.142. The number of aromatic hydroxyl groups is 1. The molecule has 36 heteroatoms. The molecule has 0 radical (unpaired) electrons. The molecule has 0 aromatic heterocycles. The number of nitrogens with two attached hydrogens (primary N) is 3. The number of amides is 12. The van der Waals surface area contributed by atoms with Gasteiger partial charge in [0.25, 0.3) is 0 Å². The zero-order chi connectivity index (χ0) is 71.8. The van der Waals surface area contributed by atoms with Gasteiger partial charge in [0.1, 0.15) is 66.2 Å². The van der Waals surface area contributed by atoms with E-state index in [2.05, 4.69) is 68.8 Å². The van der Waals surface area contributed by atoms with Crippen molar-refractivity contribution in [2.24, 2.45) is 34.0 Å². The number of aliphatic imine (C=N–C) groups is 1. The molecule has 2 aromatic carbocycles. The molecule has 2 aromatic rings. The van der Waals surface area contributed by atoms with Crippen LogP contribution in [0, 0.1) is 11.8 Å². The lowest BCUT2D eigenvalue weighted by Crippen LogP contribution is -2.62. The van der Waals surface area contributed by atoms with Gasteiger partial charge >= 0.3 is 17.9 Å². The van der Waals surface area contributed by atoms with E-state index < -0.39 is 206 Å². The number of nitrogens with one attached hydrogen (secondary N) is 12. The van der Waals surface area contributed by atoms with Gasteiger partial charge in [-0.25, -0.2) is 0 Å². The number of carbonyl (C=O) groups excluding carboxylic acids is 12. The second-order valence-corrected chi connectivity index (χ2v) is 22.7. The molecule has 0 bridgehead atoms. The lowest BCUT2D eigenvalue weighted by Gasteiger charge is -2.29. The van der Waals surface area contributed by atoms with Crippen molar-refractivity contribution in [3.8, 4) is 5.75 Å². The van der Waals surface area contributed by atoms with E-state index in [1.54, 1.807) is 30.3 Å². The topological polar surface area (TPSA) is 592 Å². The Hall–Kier alpha value is -10.5. The molecule has 11 atom stereocenters. The van der Waals surface area contributed by atoms with Crippen molar-refractivity contribution in [3.05, 3.63) is 65.7 Å². The number of rotatable bonds is 41. The van der Waals surface area contributed by atoms with Gasteiger partial charge in [-0.1, -0.05) is 70.2 Å². The number of hydrogen-bond donors (Lipinski definition) is 20. The van der Waals surface area contributed by atoms with Crippen molar-refractivity contribution in [1.29, 1.82) is 0 Å². The number of carbonyl (C=O) groups is 15. The molecule has 0 aliphatic rings. The van der Waals surface area contributed by atoms with Crippen LogP contribution in [0.25, 0.3) is 0 Å². The highest BCUT2D eigenvalue weighted by Crippen LogP contribution is 2.15. The number of benzene rings is 2. The minimum absolute atomic E-state index is 0.0167. The van der Waals surface area contributed by atoms with Crippen molar-refractivity contribution in [2.75, 3.05) is 26.2 Å². The maximum absolute atomic E-state index is 14.4. The maximum Gasteiger partial charge on any atom is 0.325 e. The molecule has 95 heavy (non-hydrogen) atoms. The molecule has 12 amide bonds. The average Bonchev–Trinajstić information content (AvgIpc) is 0.892. The van der Waals surface area contributed by atoms with E-state index in [1.807, 2.05) is 0 Å². The van der Waals surface area contributed by atoms with Crippen molar-refractivity contribution in [2.45, 2.75) is 160 Å². The molecule has 0 saturated heterocycles. The van der Waals surface area contributed by atoms with Crippen LogP contribution in [0.4, 0.5) is 0 Å². The summed E-state index contributed by atoms with van der Waals surface area (Å²) in [6, 6.07) is -2.59.